The number of fused-ring (bicyclic) bond motifs is 3. The van der Waals surface area contributed by atoms with E-state index < -0.39 is 0 Å². The lowest BCUT2D eigenvalue weighted by Crippen LogP contribution is -2.48. The van der Waals surface area contributed by atoms with E-state index in [4.69, 9.17) is 15.5 Å². The summed E-state index contributed by atoms with van der Waals surface area (Å²) in [6.07, 6.45) is 2.65. The SMILES string of the molecule is CCOC(=O)N1CCC(NC(N)=NC2C3Cc4ccccc4C32)CC1.I. The van der Waals surface area contributed by atoms with Crippen LogP contribution in [0.2, 0.25) is 0 Å². The fourth-order valence-corrected chi connectivity index (χ4v) is 4.32. The van der Waals surface area contributed by atoms with Gasteiger partial charge in [-0.25, -0.2) is 9.79 Å². The van der Waals surface area contributed by atoms with Gasteiger partial charge in [0.1, 0.15) is 0 Å². The molecule has 0 spiro atoms. The molecule has 0 radical (unpaired) electrons. The van der Waals surface area contributed by atoms with Crippen LogP contribution in [0.15, 0.2) is 29.3 Å². The number of halogens is 1. The van der Waals surface area contributed by atoms with E-state index in [-0.39, 0.29) is 36.1 Å². The van der Waals surface area contributed by atoms with Gasteiger partial charge in [-0.05, 0) is 43.2 Å². The van der Waals surface area contributed by atoms with Crippen molar-refractivity contribution in [1.29, 1.82) is 0 Å². The van der Waals surface area contributed by atoms with Gasteiger partial charge in [-0.3, -0.25) is 0 Å². The molecular formula is C19H27IN4O2. The number of ether oxygens (including phenoxy) is 1. The number of nitrogens with one attached hydrogen (secondary N) is 1. The first-order valence-electron chi connectivity index (χ1n) is 9.26. The van der Waals surface area contributed by atoms with Crippen LogP contribution in [0.4, 0.5) is 4.79 Å². The minimum absolute atomic E-state index is 0. The Morgan fingerprint density at radius 3 is 2.81 bits per heavy atom. The molecule has 1 saturated heterocycles. The first kappa shape index (κ1) is 19.3. The lowest BCUT2D eigenvalue weighted by molar-refractivity contribution is 0.0963. The zero-order valence-electron chi connectivity index (χ0n) is 15.1. The van der Waals surface area contributed by atoms with Crippen molar-refractivity contribution in [2.75, 3.05) is 19.7 Å². The van der Waals surface area contributed by atoms with E-state index in [1.165, 1.54) is 11.1 Å². The molecule has 1 aromatic rings. The van der Waals surface area contributed by atoms with E-state index in [1.54, 1.807) is 4.90 Å². The topological polar surface area (TPSA) is 80.0 Å². The first-order valence-corrected chi connectivity index (χ1v) is 9.26. The average Bonchev–Trinajstić information content (AvgIpc) is 3.12. The molecule has 3 atom stereocenters. The molecule has 1 saturated carbocycles. The number of carbonyl (C=O) groups is 1. The summed E-state index contributed by atoms with van der Waals surface area (Å²) in [6.45, 7) is 3.65. The molecule has 3 aliphatic rings. The van der Waals surface area contributed by atoms with Crippen molar-refractivity contribution in [3.05, 3.63) is 35.4 Å². The lowest BCUT2D eigenvalue weighted by atomic mass is 10.1. The fourth-order valence-electron chi connectivity index (χ4n) is 4.32. The maximum absolute atomic E-state index is 11.7. The van der Waals surface area contributed by atoms with Crippen LogP contribution in [0.1, 0.15) is 36.8 Å². The Balaban J connectivity index is 0.00000196. The van der Waals surface area contributed by atoms with Gasteiger partial charge in [0, 0.05) is 25.0 Å². The molecule has 142 valence electrons. The van der Waals surface area contributed by atoms with Crippen molar-refractivity contribution >= 4 is 36.0 Å². The summed E-state index contributed by atoms with van der Waals surface area (Å²) < 4.78 is 5.05. The van der Waals surface area contributed by atoms with Crippen LogP contribution in [0.3, 0.4) is 0 Å². The number of nitrogens with two attached hydrogens (primary N) is 1. The number of piperidine rings is 1. The normalized spacial score (nSPS) is 27.2. The summed E-state index contributed by atoms with van der Waals surface area (Å²) >= 11 is 0. The highest BCUT2D eigenvalue weighted by Gasteiger charge is 2.55. The molecular weight excluding hydrogens is 443 g/mol. The standard InChI is InChI=1S/C19H26N4O2.HI/c1-2-25-19(24)23-9-7-13(8-10-23)21-18(20)22-17-15-11-12-5-3-4-6-14(12)16(15)17;/h3-6,13,15-17H,2,7-11H2,1H3,(H3,20,21,22);1H. The minimum Gasteiger partial charge on any atom is -0.450 e. The van der Waals surface area contributed by atoms with Gasteiger partial charge < -0.3 is 20.7 Å². The number of benzene rings is 1. The van der Waals surface area contributed by atoms with Crippen molar-refractivity contribution in [2.24, 2.45) is 16.6 Å². The largest absolute Gasteiger partial charge is 0.450 e. The van der Waals surface area contributed by atoms with Crippen LogP contribution in [0.5, 0.6) is 0 Å². The smallest absolute Gasteiger partial charge is 0.409 e. The Morgan fingerprint density at radius 1 is 1.35 bits per heavy atom. The van der Waals surface area contributed by atoms with Crippen LogP contribution in [-0.2, 0) is 11.2 Å². The second kappa shape index (κ2) is 8.02. The zero-order chi connectivity index (χ0) is 17.4. The van der Waals surface area contributed by atoms with Crippen molar-refractivity contribution in [1.82, 2.24) is 10.2 Å². The summed E-state index contributed by atoms with van der Waals surface area (Å²) in [5.41, 5.74) is 9.07. The van der Waals surface area contributed by atoms with E-state index >= 15 is 0 Å². The molecule has 6 nitrogen and oxygen atoms in total. The van der Waals surface area contributed by atoms with Crippen molar-refractivity contribution in [3.63, 3.8) is 0 Å². The maximum Gasteiger partial charge on any atom is 0.409 e. The Morgan fingerprint density at radius 2 is 2.08 bits per heavy atom. The molecule has 1 amide bonds. The highest BCUT2D eigenvalue weighted by Crippen LogP contribution is 2.58. The Hall–Kier alpha value is -1.51. The van der Waals surface area contributed by atoms with Gasteiger partial charge in [-0.2, -0.15) is 0 Å². The van der Waals surface area contributed by atoms with Crippen molar-refractivity contribution in [3.8, 4) is 0 Å². The summed E-state index contributed by atoms with van der Waals surface area (Å²) in [5.74, 6) is 1.73. The third-order valence-corrected chi connectivity index (χ3v) is 5.66. The van der Waals surface area contributed by atoms with Crippen molar-refractivity contribution in [2.45, 2.75) is 44.2 Å². The summed E-state index contributed by atoms with van der Waals surface area (Å²) in [4.78, 5) is 18.2. The molecule has 3 N–H and O–H groups in total. The third-order valence-electron chi connectivity index (χ3n) is 5.66. The number of aliphatic imine (C=N–C) groups is 1. The molecule has 26 heavy (non-hydrogen) atoms. The van der Waals surface area contributed by atoms with E-state index in [0.717, 1.165) is 19.3 Å². The van der Waals surface area contributed by atoms with Crippen LogP contribution in [-0.4, -0.2) is 48.7 Å². The van der Waals surface area contributed by atoms with Crippen LogP contribution < -0.4 is 11.1 Å². The van der Waals surface area contributed by atoms with Gasteiger partial charge in [0.2, 0.25) is 0 Å². The predicted molar refractivity (Wildman–Crippen MR) is 112 cm³/mol. The second-order valence-corrected chi connectivity index (χ2v) is 7.20. The molecule has 2 aliphatic carbocycles. The molecule has 1 heterocycles. The van der Waals surface area contributed by atoms with Crippen molar-refractivity contribution < 1.29 is 9.53 Å². The number of amides is 1. The highest BCUT2D eigenvalue weighted by atomic mass is 127. The Bertz CT molecular complexity index is 688. The van der Waals surface area contributed by atoms with Gasteiger partial charge >= 0.3 is 6.09 Å². The summed E-state index contributed by atoms with van der Waals surface area (Å²) in [7, 11) is 0. The Kier molecular flexibility index (Phi) is 5.94. The quantitative estimate of drug-likeness (QED) is 0.404. The minimum atomic E-state index is -0.216. The first-order chi connectivity index (χ1) is 12.2. The Labute approximate surface area is 171 Å². The van der Waals surface area contributed by atoms with Crippen LogP contribution >= 0.6 is 24.0 Å². The van der Waals surface area contributed by atoms with Crippen LogP contribution in [0.25, 0.3) is 0 Å². The average molecular weight is 470 g/mol. The molecule has 2 fully saturated rings. The molecule has 0 bridgehead atoms. The number of hydrogen-bond donors (Lipinski definition) is 2. The van der Waals surface area contributed by atoms with E-state index in [9.17, 15) is 4.79 Å². The zero-order valence-corrected chi connectivity index (χ0v) is 17.4. The molecule has 3 unspecified atom stereocenters. The van der Waals surface area contributed by atoms with Gasteiger partial charge in [-0.15, -0.1) is 24.0 Å². The monoisotopic (exact) mass is 470 g/mol. The predicted octanol–water partition coefficient (Wildman–Crippen LogP) is 2.47. The number of carbonyl (C=O) groups excluding carboxylic acids is 1. The number of likely N-dealkylation sites (tertiary alicyclic amines) is 1. The maximum atomic E-state index is 11.7. The highest BCUT2D eigenvalue weighted by molar-refractivity contribution is 14.0. The van der Waals surface area contributed by atoms with Gasteiger partial charge in [0.15, 0.2) is 5.96 Å². The number of guanidine groups is 1. The number of hydrogen-bond acceptors (Lipinski definition) is 3. The molecule has 1 aliphatic heterocycles. The third kappa shape index (κ3) is 3.77. The molecule has 7 heteroatoms. The molecule has 0 aromatic heterocycles. The summed E-state index contributed by atoms with van der Waals surface area (Å²) in [5, 5.41) is 3.34. The number of rotatable bonds is 3. The fraction of sp³-hybridized carbons (Fsp3) is 0.579. The second-order valence-electron chi connectivity index (χ2n) is 7.20. The number of nitrogens with zero attached hydrogens (tertiary/aromatic N) is 2. The summed E-state index contributed by atoms with van der Waals surface area (Å²) in [6, 6.07) is 9.29. The van der Waals surface area contributed by atoms with Crippen LogP contribution in [0, 0.1) is 5.92 Å². The van der Waals surface area contributed by atoms with E-state index in [0.29, 0.717) is 43.5 Å². The molecule has 1 aromatic carbocycles. The van der Waals surface area contributed by atoms with Gasteiger partial charge in [0.25, 0.3) is 0 Å². The van der Waals surface area contributed by atoms with Gasteiger partial charge in [0.05, 0.1) is 12.6 Å². The van der Waals surface area contributed by atoms with E-state index in [1.807, 2.05) is 6.92 Å². The lowest BCUT2D eigenvalue weighted by Gasteiger charge is -2.31. The van der Waals surface area contributed by atoms with E-state index in [2.05, 4.69) is 29.6 Å². The van der Waals surface area contributed by atoms with Gasteiger partial charge in [-0.1, -0.05) is 24.3 Å². The molecule has 4 rings (SSSR count).